The number of carbonyl (C=O) groups is 1. The Balaban J connectivity index is 2.20. The number of carbonyl (C=O) groups excluding carboxylic acids is 1. The van der Waals surface area contributed by atoms with Crippen LogP contribution in [0.4, 0.5) is 0 Å². The minimum atomic E-state index is 0.0796. The fraction of sp³-hybridized carbons (Fsp3) is 0.800. The minimum absolute atomic E-state index is 0.0796. The molecular weight excluding hydrogens is 226 g/mol. The van der Waals surface area contributed by atoms with Crippen molar-refractivity contribution in [2.45, 2.75) is 51.5 Å². The maximum absolute atomic E-state index is 12.1. The molecule has 2 unspecified atom stereocenters. The number of rotatable bonds is 10. The van der Waals surface area contributed by atoms with Crippen molar-refractivity contribution >= 4 is 5.78 Å². The Morgan fingerprint density at radius 1 is 1.39 bits per heavy atom. The van der Waals surface area contributed by atoms with Crippen LogP contribution in [-0.4, -0.2) is 31.6 Å². The first kappa shape index (κ1) is 15.4. The van der Waals surface area contributed by atoms with E-state index in [4.69, 9.17) is 4.74 Å². The Morgan fingerprint density at radius 3 is 2.94 bits per heavy atom. The molecule has 0 amide bonds. The van der Waals surface area contributed by atoms with Crippen LogP contribution in [0.25, 0.3) is 0 Å². The van der Waals surface area contributed by atoms with Crippen molar-refractivity contribution in [3.05, 3.63) is 12.7 Å². The largest absolute Gasteiger partial charge is 0.379 e. The predicted octanol–water partition coefficient (Wildman–Crippen LogP) is 2.71. The van der Waals surface area contributed by atoms with Crippen LogP contribution >= 0.6 is 0 Å². The zero-order chi connectivity index (χ0) is 13.2. The van der Waals surface area contributed by atoms with E-state index in [0.29, 0.717) is 25.4 Å². The molecule has 104 valence electrons. The predicted molar refractivity (Wildman–Crippen MR) is 74.7 cm³/mol. The SMILES string of the molecule is C=CCCCCCC(=O)C1COCC1NCCC. The quantitative estimate of drug-likeness (QED) is 0.480. The Morgan fingerprint density at radius 2 is 2.22 bits per heavy atom. The summed E-state index contributed by atoms with van der Waals surface area (Å²) in [4.78, 5) is 12.1. The highest BCUT2D eigenvalue weighted by atomic mass is 16.5. The summed E-state index contributed by atoms with van der Waals surface area (Å²) >= 11 is 0. The van der Waals surface area contributed by atoms with E-state index in [9.17, 15) is 4.79 Å². The van der Waals surface area contributed by atoms with E-state index in [-0.39, 0.29) is 12.0 Å². The summed E-state index contributed by atoms with van der Waals surface area (Å²) in [5, 5.41) is 3.41. The van der Waals surface area contributed by atoms with Crippen LogP contribution in [0.2, 0.25) is 0 Å². The monoisotopic (exact) mass is 253 g/mol. The molecule has 2 atom stereocenters. The number of ether oxygens (including phenoxy) is 1. The van der Waals surface area contributed by atoms with Crippen molar-refractivity contribution in [2.24, 2.45) is 5.92 Å². The van der Waals surface area contributed by atoms with Crippen molar-refractivity contribution in [1.82, 2.24) is 5.32 Å². The van der Waals surface area contributed by atoms with Gasteiger partial charge in [-0.1, -0.05) is 19.4 Å². The van der Waals surface area contributed by atoms with E-state index in [1.165, 1.54) is 0 Å². The van der Waals surface area contributed by atoms with Gasteiger partial charge in [0.1, 0.15) is 5.78 Å². The lowest BCUT2D eigenvalue weighted by molar-refractivity contribution is -0.123. The van der Waals surface area contributed by atoms with Gasteiger partial charge in [0.15, 0.2) is 0 Å². The minimum Gasteiger partial charge on any atom is -0.379 e. The molecule has 1 fully saturated rings. The molecule has 3 nitrogen and oxygen atoms in total. The number of hydrogen-bond donors (Lipinski definition) is 1. The van der Waals surface area contributed by atoms with Gasteiger partial charge in [-0.3, -0.25) is 4.79 Å². The van der Waals surface area contributed by atoms with Gasteiger partial charge in [0.2, 0.25) is 0 Å². The second-order valence-corrected chi connectivity index (χ2v) is 5.06. The van der Waals surface area contributed by atoms with Gasteiger partial charge < -0.3 is 10.1 Å². The number of unbranched alkanes of at least 4 members (excludes halogenated alkanes) is 3. The molecule has 1 aliphatic heterocycles. The van der Waals surface area contributed by atoms with Gasteiger partial charge in [-0.25, -0.2) is 0 Å². The average molecular weight is 253 g/mol. The molecule has 0 radical (unpaired) electrons. The van der Waals surface area contributed by atoms with Gasteiger partial charge in [0, 0.05) is 12.5 Å². The maximum Gasteiger partial charge on any atom is 0.139 e. The second kappa shape index (κ2) is 9.29. The second-order valence-electron chi connectivity index (χ2n) is 5.06. The number of nitrogens with one attached hydrogen (secondary N) is 1. The fourth-order valence-electron chi connectivity index (χ4n) is 2.35. The van der Waals surface area contributed by atoms with Crippen LogP contribution in [0.3, 0.4) is 0 Å². The number of Topliss-reactive ketones (excluding diaryl/α,β-unsaturated/α-hetero) is 1. The first-order valence-electron chi connectivity index (χ1n) is 7.24. The normalized spacial score (nSPS) is 23.2. The van der Waals surface area contributed by atoms with Gasteiger partial charge in [-0.2, -0.15) is 0 Å². The van der Waals surface area contributed by atoms with Gasteiger partial charge in [-0.15, -0.1) is 6.58 Å². The molecule has 1 saturated heterocycles. The summed E-state index contributed by atoms with van der Waals surface area (Å²) < 4.78 is 5.44. The highest BCUT2D eigenvalue weighted by Gasteiger charge is 2.32. The van der Waals surface area contributed by atoms with Gasteiger partial charge in [0.05, 0.1) is 19.1 Å². The van der Waals surface area contributed by atoms with Crippen molar-refractivity contribution in [3.63, 3.8) is 0 Å². The molecule has 1 aliphatic rings. The van der Waals surface area contributed by atoms with Crippen LogP contribution in [0.5, 0.6) is 0 Å². The maximum atomic E-state index is 12.1. The van der Waals surface area contributed by atoms with E-state index < -0.39 is 0 Å². The van der Waals surface area contributed by atoms with E-state index in [1.807, 2.05) is 6.08 Å². The fourth-order valence-corrected chi connectivity index (χ4v) is 2.35. The van der Waals surface area contributed by atoms with Crippen LogP contribution in [0.15, 0.2) is 12.7 Å². The summed E-state index contributed by atoms with van der Waals surface area (Å²) in [5.74, 6) is 0.454. The van der Waals surface area contributed by atoms with Crippen molar-refractivity contribution in [3.8, 4) is 0 Å². The zero-order valence-corrected chi connectivity index (χ0v) is 11.6. The lowest BCUT2D eigenvalue weighted by Gasteiger charge is -2.17. The zero-order valence-electron chi connectivity index (χ0n) is 11.6. The third kappa shape index (κ3) is 5.32. The first-order chi connectivity index (χ1) is 8.79. The van der Waals surface area contributed by atoms with Crippen LogP contribution in [0, 0.1) is 5.92 Å². The first-order valence-corrected chi connectivity index (χ1v) is 7.24. The summed E-state index contributed by atoms with van der Waals surface area (Å²) in [5.41, 5.74) is 0. The molecule has 0 saturated carbocycles. The van der Waals surface area contributed by atoms with Crippen molar-refractivity contribution < 1.29 is 9.53 Å². The molecule has 0 aromatic carbocycles. The van der Waals surface area contributed by atoms with Crippen molar-refractivity contribution in [2.75, 3.05) is 19.8 Å². The Bertz CT molecular complexity index is 253. The number of allylic oxidation sites excluding steroid dienone is 1. The van der Waals surface area contributed by atoms with E-state index in [0.717, 1.165) is 38.6 Å². The lowest BCUT2D eigenvalue weighted by atomic mass is 9.94. The summed E-state index contributed by atoms with van der Waals surface area (Å²) in [7, 11) is 0. The summed E-state index contributed by atoms with van der Waals surface area (Å²) in [6.07, 6.45) is 8.07. The molecule has 1 N–H and O–H groups in total. The molecule has 0 bridgehead atoms. The average Bonchev–Trinajstić information content (AvgIpc) is 2.84. The van der Waals surface area contributed by atoms with Gasteiger partial charge >= 0.3 is 0 Å². The molecule has 18 heavy (non-hydrogen) atoms. The molecule has 0 aromatic heterocycles. The molecule has 0 aromatic rings. The Kier molecular flexibility index (Phi) is 7.94. The number of hydrogen-bond acceptors (Lipinski definition) is 3. The van der Waals surface area contributed by atoms with Crippen LogP contribution < -0.4 is 5.32 Å². The highest BCUT2D eigenvalue weighted by molar-refractivity contribution is 5.82. The number of ketones is 1. The van der Waals surface area contributed by atoms with Crippen LogP contribution in [0.1, 0.15) is 45.4 Å². The molecule has 1 heterocycles. The van der Waals surface area contributed by atoms with Crippen molar-refractivity contribution in [1.29, 1.82) is 0 Å². The Labute approximate surface area is 111 Å². The van der Waals surface area contributed by atoms with Gasteiger partial charge in [0.25, 0.3) is 0 Å². The lowest BCUT2D eigenvalue weighted by Crippen LogP contribution is -2.39. The van der Waals surface area contributed by atoms with E-state index >= 15 is 0 Å². The van der Waals surface area contributed by atoms with Gasteiger partial charge in [-0.05, 0) is 32.2 Å². The third-order valence-electron chi connectivity index (χ3n) is 3.48. The highest BCUT2D eigenvalue weighted by Crippen LogP contribution is 2.18. The Hall–Kier alpha value is -0.670. The van der Waals surface area contributed by atoms with E-state index in [1.54, 1.807) is 0 Å². The third-order valence-corrected chi connectivity index (χ3v) is 3.48. The standard InChI is InChI=1S/C15H27NO2/c1-3-5-6-7-8-9-15(17)13-11-18-12-14(13)16-10-4-2/h3,13-14,16H,1,4-12H2,2H3. The molecule has 3 heteroatoms. The molecule has 1 rings (SSSR count). The van der Waals surface area contributed by atoms with E-state index in [2.05, 4.69) is 18.8 Å². The topological polar surface area (TPSA) is 38.3 Å². The van der Waals surface area contributed by atoms with Crippen LogP contribution in [-0.2, 0) is 9.53 Å². The smallest absolute Gasteiger partial charge is 0.139 e. The molecule has 0 spiro atoms. The summed E-state index contributed by atoms with van der Waals surface area (Å²) in [6.45, 7) is 8.10. The molecule has 0 aliphatic carbocycles. The molecular formula is C15H27NO2. The summed E-state index contributed by atoms with van der Waals surface area (Å²) in [6, 6.07) is 0.241.